The summed E-state index contributed by atoms with van der Waals surface area (Å²) in [5.41, 5.74) is 2.19. The Bertz CT molecular complexity index is 496. The molecular weight excluding hydrogens is 268 g/mol. The maximum atomic E-state index is 11.5. The summed E-state index contributed by atoms with van der Waals surface area (Å²) in [7, 11) is 0. The minimum absolute atomic E-state index is 0.381. The second-order valence-electron chi connectivity index (χ2n) is 6.71. The van der Waals surface area contributed by atoms with Gasteiger partial charge < -0.3 is 4.55 Å². The van der Waals surface area contributed by atoms with Crippen molar-refractivity contribution in [3.63, 3.8) is 0 Å². The van der Waals surface area contributed by atoms with Crippen molar-refractivity contribution in [2.24, 2.45) is 17.8 Å². The third-order valence-corrected chi connectivity index (χ3v) is 5.50. The Balaban J connectivity index is 2.45. The maximum absolute atomic E-state index is 11.5. The molecule has 1 fully saturated rings. The van der Waals surface area contributed by atoms with Crippen molar-refractivity contribution < 1.29 is 8.76 Å². The molecule has 0 spiro atoms. The molecule has 1 aromatic carbocycles. The Morgan fingerprint density at radius 2 is 2.00 bits per heavy atom. The van der Waals surface area contributed by atoms with Crippen LogP contribution in [0, 0.1) is 24.7 Å². The summed E-state index contributed by atoms with van der Waals surface area (Å²) >= 11 is -2.14. The van der Waals surface area contributed by atoms with E-state index in [2.05, 4.69) is 26.8 Å². The van der Waals surface area contributed by atoms with Gasteiger partial charge in [-0.25, -0.2) is 0 Å². The first-order valence-electron chi connectivity index (χ1n) is 7.60. The fourth-order valence-electron chi connectivity index (χ4n) is 3.67. The van der Waals surface area contributed by atoms with E-state index in [0.29, 0.717) is 28.6 Å². The van der Waals surface area contributed by atoms with Gasteiger partial charge in [0.15, 0.2) is 0 Å². The number of rotatable bonds is 3. The summed E-state index contributed by atoms with van der Waals surface area (Å²) in [5.74, 6) is 2.26. The predicted octanol–water partition coefficient (Wildman–Crippen LogP) is 4.41. The fourth-order valence-corrected chi connectivity index (χ4v) is 4.25. The molecule has 1 aromatic rings. The first-order valence-corrected chi connectivity index (χ1v) is 8.67. The van der Waals surface area contributed by atoms with Crippen molar-refractivity contribution in [2.45, 2.75) is 57.8 Å². The molecule has 0 radical (unpaired) electrons. The third-order valence-electron chi connectivity index (χ3n) is 4.77. The van der Waals surface area contributed by atoms with Gasteiger partial charge in [0.25, 0.3) is 0 Å². The van der Waals surface area contributed by atoms with E-state index in [9.17, 15) is 8.76 Å². The van der Waals surface area contributed by atoms with E-state index < -0.39 is 11.1 Å². The van der Waals surface area contributed by atoms with E-state index in [0.717, 1.165) is 17.5 Å². The summed E-state index contributed by atoms with van der Waals surface area (Å²) in [4.78, 5) is 0.500. The second-order valence-corrected chi connectivity index (χ2v) is 7.62. The Morgan fingerprint density at radius 1 is 1.30 bits per heavy atom. The van der Waals surface area contributed by atoms with E-state index in [1.807, 2.05) is 13.0 Å². The van der Waals surface area contributed by atoms with Crippen LogP contribution in [0.15, 0.2) is 23.1 Å². The normalized spacial score (nSPS) is 28.6. The van der Waals surface area contributed by atoms with Crippen molar-refractivity contribution in [2.75, 3.05) is 0 Å². The highest BCUT2D eigenvalue weighted by atomic mass is 32.2. The van der Waals surface area contributed by atoms with E-state index in [4.69, 9.17) is 0 Å². The molecule has 2 rings (SSSR count). The lowest BCUT2D eigenvalue weighted by atomic mass is 9.67. The Morgan fingerprint density at radius 3 is 2.60 bits per heavy atom. The first kappa shape index (κ1) is 15.7. The minimum atomic E-state index is -2.14. The Kier molecular flexibility index (Phi) is 5.03. The monoisotopic (exact) mass is 293 g/mol. The van der Waals surface area contributed by atoms with Gasteiger partial charge in [-0.2, -0.15) is 0 Å². The number of aryl methyl sites for hydroxylation is 1. The molecule has 0 saturated heterocycles. The molecule has 1 aliphatic carbocycles. The van der Waals surface area contributed by atoms with E-state index in [1.165, 1.54) is 12.8 Å². The van der Waals surface area contributed by atoms with Gasteiger partial charge in [-0.1, -0.05) is 44.9 Å². The molecule has 0 N–H and O–H groups in total. The highest BCUT2D eigenvalue weighted by molar-refractivity contribution is 7.79. The standard InChI is InChI=1S/C17H26O2S/c1-11(2)14-7-5-12(3)9-15(14)16-10-13(4)6-8-17(16)20(18)19/h6,8,10-12,14-15H,5,7,9H2,1-4H3,(H,18,19)/p-1/t12-,14?,15+/m1/s1. The molecule has 2 unspecified atom stereocenters. The van der Waals surface area contributed by atoms with Crippen LogP contribution in [0.4, 0.5) is 0 Å². The van der Waals surface area contributed by atoms with Crippen LogP contribution in [0.3, 0.4) is 0 Å². The van der Waals surface area contributed by atoms with Crippen LogP contribution in [0.5, 0.6) is 0 Å². The molecule has 20 heavy (non-hydrogen) atoms. The number of benzene rings is 1. The average Bonchev–Trinajstić information content (AvgIpc) is 2.37. The summed E-state index contributed by atoms with van der Waals surface area (Å²) in [6.45, 7) is 8.85. The Hall–Kier alpha value is -0.670. The first-order chi connectivity index (χ1) is 9.40. The van der Waals surface area contributed by atoms with Gasteiger partial charge in [0, 0.05) is 4.90 Å². The quantitative estimate of drug-likeness (QED) is 0.774. The maximum Gasteiger partial charge on any atom is 0.0283 e. The van der Waals surface area contributed by atoms with Crippen molar-refractivity contribution >= 4 is 11.1 Å². The molecule has 0 heterocycles. The molecule has 1 aliphatic rings. The highest BCUT2D eigenvalue weighted by Crippen LogP contribution is 2.45. The van der Waals surface area contributed by atoms with Crippen LogP contribution in [0.25, 0.3) is 0 Å². The zero-order valence-corrected chi connectivity index (χ0v) is 13.7. The lowest BCUT2D eigenvalue weighted by Gasteiger charge is -2.39. The SMILES string of the molecule is Cc1ccc(S(=O)[O-])c([C@H]2C[C@H](C)CCC2C(C)C)c1. The van der Waals surface area contributed by atoms with Gasteiger partial charge in [-0.05, 0) is 66.1 Å². The van der Waals surface area contributed by atoms with Gasteiger partial charge >= 0.3 is 0 Å². The van der Waals surface area contributed by atoms with Crippen LogP contribution in [-0.4, -0.2) is 8.76 Å². The highest BCUT2D eigenvalue weighted by Gasteiger charge is 2.33. The second kappa shape index (κ2) is 6.40. The van der Waals surface area contributed by atoms with Gasteiger partial charge in [0.05, 0.1) is 0 Å². The lowest BCUT2D eigenvalue weighted by Crippen LogP contribution is -2.27. The number of hydrogen-bond donors (Lipinski definition) is 0. The van der Waals surface area contributed by atoms with Gasteiger partial charge in [0.1, 0.15) is 0 Å². The van der Waals surface area contributed by atoms with Crippen molar-refractivity contribution in [1.29, 1.82) is 0 Å². The van der Waals surface area contributed by atoms with Crippen LogP contribution >= 0.6 is 0 Å². The van der Waals surface area contributed by atoms with Crippen molar-refractivity contribution in [1.82, 2.24) is 0 Å². The number of hydrogen-bond acceptors (Lipinski definition) is 2. The van der Waals surface area contributed by atoms with E-state index in [-0.39, 0.29) is 0 Å². The molecule has 3 heteroatoms. The molecule has 0 aromatic heterocycles. The van der Waals surface area contributed by atoms with Crippen LogP contribution in [0.1, 0.15) is 57.1 Å². The van der Waals surface area contributed by atoms with Crippen LogP contribution in [-0.2, 0) is 11.1 Å². The molecule has 0 bridgehead atoms. The minimum Gasteiger partial charge on any atom is -0.768 e. The molecular formula is C17H25O2S-. The molecule has 2 nitrogen and oxygen atoms in total. The summed E-state index contributed by atoms with van der Waals surface area (Å²) in [6, 6.07) is 5.75. The van der Waals surface area contributed by atoms with E-state index in [1.54, 1.807) is 6.07 Å². The van der Waals surface area contributed by atoms with Gasteiger partial charge in [0.2, 0.25) is 0 Å². The lowest BCUT2D eigenvalue weighted by molar-refractivity contribution is 0.195. The van der Waals surface area contributed by atoms with Crippen molar-refractivity contribution in [3.8, 4) is 0 Å². The molecule has 0 aliphatic heterocycles. The largest absolute Gasteiger partial charge is 0.768 e. The molecule has 0 amide bonds. The van der Waals surface area contributed by atoms with Gasteiger partial charge in [-0.3, -0.25) is 4.21 Å². The smallest absolute Gasteiger partial charge is 0.0283 e. The van der Waals surface area contributed by atoms with E-state index >= 15 is 0 Å². The fraction of sp³-hybridized carbons (Fsp3) is 0.647. The molecule has 4 atom stereocenters. The zero-order chi connectivity index (χ0) is 14.9. The zero-order valence-electron chi connectivity index (χ0n) is 12.9. The average molecular weight is 293 g/mol. The molecule has 1 saturated carbocycles. The van der Waals surface area contributed by atoms with Crippen molar-refractivity contribution in [3.05, 3.63) is 29.3 Å². The summed E-state index contributed by atoms with van der Waals surface area (Å²) in [5, 5.41) is 0. The molecule has 112 valence electrons. The Labute approximate surface area is 125 Å². The van der Waals surface area contributed by atoms with Gasteiger partial charge in [-0.15, -0.1) is 0 Å². The van der Waals surface area contributed by atoms with Crippen LogP contribution in [0.2, 0.25) is 0 Å². The topological polar surface area (TPSA) is 40.1 Å². The summed E-state index contributed by atoms with van der Waals surface area (Å²) in [6.07, 6.45) is 3.58. The summed E-state index contributed by atoms with van der Waals surface area (Å²) < 4.78 is 23.1. The predicted molar refractivity (Wildman–Crippen MR) is 82.4 cm³/mol. The third kappa shape index (κ3) is 3.32. The van der Waals surface area contributed by atoms with Crippen LogP contribution < -0.4 is 0 Å².